The average Bonchev–Trinajstić information content (AvgIpc) is 3.05. The van der Waals surface area contributed by atoms with E-state index in [1.54, 1.807) is 13.0 Å². The summed E-state index contributed by atoms with van der Waals surface area (Å²) in [5.74, 6) is -0.728. The number of nitrogens with zero attached hydrogens (tertiary/aromatic N) is 1. The number of hydrogen-bond acceptors (Lipinski definition) is 7. The van der Waals surface area contributed by atoms with Crippen molar-refractivity contribution in [2.24, 2.45) is 0 Å². The lowest BCUT2D eigenvalue weighted by Gasteiger charge is -2.30. The monoisotopic (exact) mass is 415 g/mol. The number of ketones is 1. The van der Waals surface area contributed by atoms with Gasteiger partial charge in [-0.3, -0.25) is 9.59 Å². The van der Waals surface area contributed by atoms with Crippen molar-refractivity contribution in [3.05, 3.63) is 59.9 Å². The fraction of sp³-hybridized carbons (Fsp3) is 0.409. The van der Waals surface area contributed by atoms with Crippen LogP contribution in [0.4, 0.5) is 4.79 Å². The molecule has 4 unspecified atom stereocenters. The van der Waals surface area contributed by atoms with E-state index < -0.39 is 42.1 Å². The summed E-state index contributed by atoms with van der Waals surface area (Å²) in [4.78, 5) is 39.0. The molecule has 0 aromatic heterocycles. The van der Waals surface area contributed by atoms with Gasteiger partial charge in [0.15, 0.2) is 18.0 Å². The zero-order valence-electron chi connectivity index (χ0n) is 16.9. The van der Waals surface area contributed by atoms with Gasteiger partial charge in [-0.25, -0.2) is 9.69 Å². The zero-order valence-corrected chi connectivity index (χ0v) is 16.9. The SMILES string of the molecule is COC(C(=O)N1C(=O)OC(c2ccccc2)C1C)C1OC(=CCCCO)C=CC1=O. The van der Waals surface area contributed by atoms with Gasteiger partial charge >= 0.3 is 6.09 Å². The van der Waals surface area contributed by atoms with Crippen LogP contribution in [0.1, 0.15) is 31.4 Å². The standard InChI is InChI=1S/C22H25NO7/c1-14-18(15-8-4-3-5-9-15)30-22(27)23(14)21(26)20(28-2)19-17(25)12-11-16(29-19)10-6-7-13-24/h3-5,8-12,14,18-20,24H,6-7,13H2,1-2H3. The van der Waals surface area contributed by atoms with Gasteiger partial charge in [-0.15, -0.1) is 0 Å². The average molecular weight is 415 g/mol. The van der Waals surface area contributed by atoms with Crippen molar-refractivity contribution in [3.63, 3.8) is 0 Å². The molecule has 0 radical (unpaired) electrons. The van der Waals surface area contributed by atoms with Gasteiger partial charge in [-0.05, 0) is 43.6 Å². The van der Waals surface area contributed by atoms with Gasteiger partial charge in [0, 0.05) is 13.7 Å². The summed E-state index contributed by atoms with van der Waals surface area (Å²) in [5, 5.41) is 8.91. The van der Waals surface area contributed by atoms with Gasteiger partial charge < -0.3 is 19.3 Å². The Kier molecular flexibility index (Phi) is 7.02. The van der Waals surface area contributed by atoms with E-state index in [0.717, 1.165) is 10.5 Å². The van der Waals surface area contributed by atoms with Gasteiger partial charge in [-0.2, -0.15) is 0 Å². The van der Waals surface area contributed by atoms with Crippen LogP contribution in [0.2, 0.25) is 0 Å². The number of benzene rings is 1. The summed E-state index contributed by atoms with van der Waals surface area (Å²) in [6.45, 7) is 1.74. The van der Waals surface area contributed by atoms with Crippen molar-refractivity contribution in [1.29, 1.82) is 0 Å². The molecule has 160 valence electrons. The Morgan fingerprint density at radius 1 is 1.23 bits per heavy atom. The summed E-state index contributed by atoms with van der Waals surface area (Å²) in [7, 11) is 1.29. The first-order chi connectivity index (χ1) is 14.5. The number of aliphatic hydroxyl groups excluding tert-OH is 1. The third-order valence-corrected chi connectivity index (χ3v) is 5.07. The lowest BCUT2D eigenvalue weighted by Crippen LogP contribution is -2.52. The van der Waals surface area contributed by atoms with Crippen LogP contribution >= 0.6 is 0 Å². The van der Waals surface area contributed by atoms with Crippen molar-refractivity contribution in [3.8, 4) is 0 Å². The lowest BCUT2D eigenvalue weighted by atomic mass is 10.0. The van der Waals surface area contributed by atoms with E-state index in [1.165, 1.54) is 19.3 Å². The smallest absolute Gasteiger partial charge is 0.417 e. The van der Waals surface area contributed by atoms with Crippen LogP contribution in [0.25, 0.3) is 0 Å². The van der Waals surface area contributed by atoms with E-state index in [0.29, 0.717) is 18.6 Å². The Morgan fingerprint density at radius 3 is 2.63 bits per heavy atom. The quantitative estimate of drug-likeness (QED) is 0.682. The number of carbonyl (C=O) groups is 3. The molecule has 2 aliphatic heterocycles. The summed E-state index contributed by atoms with van der Waals surface area (Å²) in [6.07, 6.45) is 1.71. The second-order valence-electron chi connectivity index (χ2n) is 7.07. The predicted octanol–water partition coefficient (Wildman–Crippen LogP) is 2.29. The number of unbranched alkanes of at least 4 members (excludes halogenated alkanes) is 1. The Labute approximate surface area is 174 Å². The zero-order chi connectivity index (χ0) is 21.7. The second-order valence-corrected chi connectivity index (χ2v) is 7.07. The predicted molar refractivity (Wildman–Crippen MR) is 106 cm³/mol. The number of amides is 2. The molecule has 2 heterocycles. The first-order valence-electron chi connectivity index (χ1n) is 9.79. The van der Waals surface area contributed by atoms with Crippen molar-refractivity contribution in [2.75, 3.05) is 13.7 Å². The Balaban J connectivity index is 1.78. The highest BCUT2D eigenvalue weighted by atomic mass is 16.6. The highest BCUT2D eigenvalue weighted by Gasteiger charge is 2.48. The molecule has 8 heteroatoms. The number of ether oxygens (including phenoxy) is 3. The number of allylic oxidation sites excluding steroid dienone is 2. The molecule has 3 rings (SSSR count). The van der Waals surface area contributed by atoms with Gasteiger partial charge in [-0.1, -0.05) is 30.3 Å². The number of rotatable bonds is 7. The van der Waals surface area contributed by atoms with E-state index in [2.05, 4.69) is 0 Å². The minimum absolute atomic E-state index is 0.0343. The number of cyclic esters (lactones) is 1. The van der Waals surface area contributed by atoms with Gasteiger partial charge in [0.2, 0.25) is 0 Å². The largest absolute Gasteiger partial charge is 0.479 e. The van der Waals surface area contributed by atoms with Crippen molar-refractivity contribution >= 4 is 17.8 Å². The summed E-state index contributed by atoms with van der Waals surface area (Å²) < 4.78 is 16.4. The molecule has 0 spiro atoms. The number of carbonyl (C=O) groups excluding carboxylic acids is 3. The lowest BCUT2D eigenvalue weighted by molar-refractivity contribution is -0.153. The number of methoxy groups -OCH3 is 1. The Morgan fingerprint density at radius 2 is 1.97 bits per heavy atom. The third-order valence-electron chi connectivity index (χ3n) is 5.07. The molecule has 1 N–H and O–H groups in total. The third kappa shape index (κ3) is 4.44. The Hall–Kier alpha value is -2.97. The van der Waals surface area contributed by atoms with Crippen LogP contribution in [0.5, 0.6) is 0 Å². The molecule has 30 heavy (non-hydrogen) atoms. The topological polar surface area (TPSA) is 102 Å². The fourth-order valence-electron chi connectivity index (χ4n) is 3.50. The van der Waals surface area contributed by atoms with Crippen LogP contribution < -0.4 is 0 Å². The molecule has 8 nitrogen and oxygen atoms in total. The molecule has 0 saturated carbocycles. The second kappa shape index (κ2) is 9.69. The molecule has 1 saturated heterocycles. The molecule has 2 aliphatic rings. The van der Waals surface area contributed by atoms with Crippen LogP contribution in [0, 0.1) is 0 Å². The minimum Gasteiger partial charge on any atom is -0.479 e. The first kappa shape index (κ1) is 21.7. The number of imide groups is 1. The van der Waals surface area contributed by atoms with Gasteiger partial charge in [0.25, 0.3) is 5.91 Å². The molecule has 1 aromatic rings. The maximum Gasteiger partial charge on any atom is 0.417 e. The highest BCUT2D eigenvalue weighted by Crippen LogP contribution is 2.33. The van der Waals surface area contributed by atoms with E-state index in [9.17, 15) is 14.4 Å². The van der Waals surface area contributed by atoms with Crippen molar-refractivity contribution in [2.45, 2.75) is 44.1 Å². The van der Waals surface area contributed by atoms with Gasteiger partial charge in [0.05, 0.1) is 6.04 Å². The highest BCUT2D eigenvalue weighted by molar-refractivity contribution is 6.03. The van der Waals surface area contributed by atoms with E-state index >= 15 is 0 Å². The van der Waals surface area contributed by atoms with Crippen molar-refractivity contribution < 1.29 is 33.7 Å². The minimum atomic E-state index is -1.31. The summed E-state index contributed by atoms with van der Waals surface area (Å²) in [5.41, 5.74) is 0.768. The van der Waals surface area contributed by atoms with Gasteiger partial charge in [0.1, 0.15) is 11.9 Å². The van der Waals surface area contributed by atoms with E-state index in [1.807, 2.05) is 30.3 Å². The normalized spacial score (nSPS) is 25.9. The molecule has 4 atom stereocenters. The number of hydrogen-bond donors (Lipinski definition) is 1. The molecule has 0 bridgehead atoms. The maximum atomic E-state index is 13.2. The summed E-state index contributed by atoms with van der Waals surface area (Å²) >= 11 is 0. The van der Waals surface area contributed by atoms with E-state index in [4.69, 9.17) is 19.3 Å². The van der Waals surface area contributed by atoms with Crippen LogP contribution in [-0.4, -0.2) is 59.8 Å². The first-order valence-corrected chi connectivity index (χ1v) is 9.79. The molecule has 2 amide bonds. The molecular weight excluding hydrogens is 390 g/mol. The number of aliphatic hydroxyl groups is 1. The molecule has 1 fully saturated rings. The summed E-state index contributed by atoms with van der Waals surface area (Å²) in [6, 6.07) is 8.54. The van der Waals surface area contributed by atoms with Crippen LogP contribution in [0.15, 0.2) is 54.3 Å². The van der Waals surface area contributed by atoms with E-state index in [-0.39, 0.29) is 6.61 Å². The molecular formula is C22H25NO7. The van der Waals surface area contributed by atoms with Crippen LogP contribution in [-0.2, 0) is 23.8 Å². The fourth-order valence-corrected chi connectivity index (χ4v) is 3.50. The van der Waals surface area contributed by atoms with Crippen molar-refractivity contribution in [1.82, 2.24) is 4.90 Å². The maximum absolute atomic E-state index is 13.2. The molecule has 0 aliphatic carbocycles. The molecule has 1 aromatic carbocycles. The Bertz CT molecular complexity index is 848. The van der Waals surface area contributed by atoms with Crippen LogP contribution in [0.3, 0.4) is 0 Å².